The Morgan fingerprint density at radius 2 is 1.95 bits per heavy atom. The van der Waals surface area contributed by atoms with Gasteiger partial charge in [-0.3, -0.25) is 0 Å². The molecule has 5 nitrogen and oxygen atoms in total. The van der Waals surface area contributed by atoms with Crippen molar-refractivity contribution in [2.45, 2.75) is 20.8 Å². The van der Waals surface area contributed by atoms with E-state index in [0.29, 0.717) is 23.5 Å². The second-order valence-electron chi connectivity index (χ2n) is 5.08. The standard InChI is InChI=1S/C17H17N3O2/c1-4-22-17(21)14-15(13-8-6-5-7-9-13)19-20-12(3)10-11(2)18-16(14)20/h5-10H,4H2,1-3H3. The van der Waals surface area contributed by atoms with E-state index < -0.39 is 5.97 Å². The van der Waals surface area contributed by atoms with Crippen LogP contribution in [0.25, 0.3) is 16.9 Å². The van der Waals surface area contributed by atoms with Gasteiger partial charge in [0.05, 0.1) is 6.61 Å². The Morgan fingerprint density at radius 1 is 1.23 bits per heavy atom. The molecule has 0 bridgehead atoms. The van der Waals surface area contributed by atoms with Crippen molar-refractivity contribution < 1.29 is 9.53 Å². The zero-order valence-electron chi connectivity index (χ0n) is 12.8. The number of ether oxygens (including phenoxy) is 1. The molecule has 22 heavy (non-hydrogen) atoms. The average Bonchev–Trinajstić information content (AvgIpc) is 2.88. The second-order valence-corrected chi connectivity index (χ2v) is 5.08. The fourth-order valence-corrected chi connectivity index (χ4v) is 2.51. The maximum absolute atomic E-state index is 12.4. The summed E-state index contributed by atoms with van der Waals surface area (Å²) in [7, 11) is 0. The molecule has 0 atom stereocenters. The molecule has 0 aliphatic rings. The van der Waals surface area contributed by atoms with Gasteiger partial charge >= 0.3 is 5.97 Å². The molecule has 3 aromatic rings. The molecule has 0 N–H and O–H groups in total. The monoisotopic (exact) mass is 295 g/mol. The third kappa shape index (κ3) is 2.35. The number of benzene rings is 1. The number of rotatable bonds is 3. The van der Waals surface area contributed by atoms with Gasteiger partial charge in [-0.15, -0.1) is 0 Å². The minimum Gasteiger partial charge on any atom is -0.462 e. The highest BCUT2D eigenvalue weighted by atomic mass is 16.5. The van der Waals surface area contributed by atoms with Gasteiger partial charge in [0.25, 0.3) is 0 Å². The molecule has 3 rings (SSSR count). The lowest BCUT2D eigenvalue weighted by atomic mass is 10.1. The van der Waals surface area contributed by atoms with Crippen molar-refractivity contribution in [3.63, 3.8) is 0 Å². The molecule has 0 amide bonds. The van der Waals surface area contributed by atoms with Crippen molar-refractivity contribution in [2.24, 2.45) is 0 Å². The Kier molecular flexibility index (Phi) is 3.63. The molecule has 0 unspecified atom stereocenters. The average molecular weight is 295 g/mol. The lowest BCUT2D eigenvalue weighted by Crippen LogP contribution is -2.07. The van der Waals surface area contributed by atoms with Crippen LogP contribution in [0.3, 0.4) is 0 Å². The minimum atomic E-state index is -0.395. The summed E-state index contributed by atoms with van der Waals surface area (Å²) in [5.74, 6) is -0.395. The minimum absolute atomic E-state index is 0.315. The lowest BCUT2D eigenvalue weighted by Gasteiger charge is -2.03. The molecule has 0 aliphatic carbocycles. The molecular formula is C17H17N3O2. The molecule has 112 valence electrons. The third-order valence-corrected chi connectivity index (χ3v) is 3.42. The fourth-order valence-electron chi connectivity index (χ4n) is 2.51. The summed E-state index contributed by atoms with van der Waals surface area (Å²) in [6.45, 7) is 5.94. The van der Waals surface area contributed by atoms with E-state index >= 15 is 0 Å². The first-order chi connectivity index (χ1) is 10.6. The van der Waals surface area contributed by atoms with Crippen molar-refractivity contribution in [3.8, 4) is 11.3 Å². The summed E-state index contributed by atoms with van der Waals surface area (Å²) in [5, 5.41) is 4.58. The van der Waals surface area contributed by atoms with Crippen LogP contribution >= 0.6 is 0 Å². The Hall–Kier alpha value is -2.69. The predicted octanol–water partition coefficient (Wildman–Crippen LogP) is 3.19. The number of aromatic nitrogens is 3. The first-order valence-corrected chi connectivity index (χ1v) is 7.21. The van der Waals surface area contributed by atoms with Gasteiger partial charge in [0.1, 0.15) is 11.3 Å². The van der Waals surface area contributed by atoms with Gasteiger partial charge in [0, 0.05) is 17.0 Å². The van der Waals surface area contributed by atoms with Crippen LogP contribution in [-0.4, -0.2) is 27.2 Å². The Morgan fingerprint density at radius 3 is 2.64 bits per heavy atom. The molecular weight excluding hydrogens is 278 g/mol. The van der Waals surface area contributed by atoms with Crippen LogP contribution in [0.4, 0.5) is 0 Å². The van der Waals surface area contributed by atoms with Crippen molar-refractivity contribution in [1.29, 1.82) is 0 Å². The molecule has 0 fully saturated rings. The summed E-state index contributed by atoms with van der Waals surface area (Å²) >= 11 is 0. The first kappa shape index (κ1) is 14.3. The van der Waals surface area contributed by atoms with Crippen molar-refractivity contribution in [1.82, 2.24) is 14.6 Å². The number of hydrogen-bond acceptors (Lipinski definition) is 4. The number of esters is 1. The highest BCUT2D eigenvalue weighted by molar-refractivity contribution is 6.02. The molecule has 0 spiro atoms. The van der Waals surface area contributed by atoms with E-state index in [2.05, 4.69) is 10.1 Å². The number of nitrogens with zero attached hydrogens (tertiary/aromatic N) is 3. The summed E-state index contributed by atoms with van der Waals surface area (Å²) in [4.78, 5) is 16.9. The smallest absolute Gasteiger partial charge is 0.344 e. The normalized spacial score (nSPS) is 10.9. The SMILES string of the molecule is CCOC(=O)c1c(-c2ccccc2)nn2c(C)cc(C)nc12. The maximum Gasteiger partial charge on any atom is 0.344 e. The lowest BCUT2D eigenvalue weighted by molar-refractivity contribution is 0.0529. The van der Waals surface area contributed by atoms with E-state index in [9.17, 15) is 4.79 Å². The quantitative estimate of drug-likeness (QED) is 0.696. The van der Waals surface area contributed by atoms with E-state index in [1.165, 1.54) is 0 Å². The maximum atomic E-state index is 12.4. The van der Waals surface area contributed by atoms with Gasteiger partial charge < -0.3 is 4.74 Å². The topological polar surface area (TPSA) is 56.5 Å². The Labute approximate surface area is 128 Å². The van der Waals surface area contributed by atoms with Crippen LogP contribution in [0.1, 0.15) is 28.7 Å². The molecule has 0 saturated carbocycles. The first-order valence-electron chi connectivity index (χ1n) is 7.21. The van der Waals surface area contributed by atoms with Crippen LogP contribution in [0.5, 0.6) is 0 Å². The van der Waals surface area contributed by atoms with E-state index in [1.54, 1.807) is 11.4 Å². The van der Waals surface area contributed by atoms with Crippen LogP contribution in [0, 0.1) is 13.8 Å². The van der Waals surface area contributed by atoms with E-state index in [4.69, 9.17) is 4.74 Å². The predicted molar refractivity (Wildman–Crippen MR) is 83.9 cm³/mol. The number of carbonyl (C=O) groups excluding carboxylic acids is 1. The zero-order valence-corrected chi connectivity index (χ0v) is 12.8. The Balaban J connectivity index is 2.33. The van der Waals surface area contributed by atoms with E-state index in [0.717, 1.165) is 17.0 Å². The van der Waals surface area contributed by atoms with Crippen molar-refractivity contribution in [2.75, 3.05) is 6.61 Å². The largest absolute Gasteiger partial charge is 0.462 e. The highest BCUT2D eigenvalue weighted by Gasteiger charge is 2.24. The van der Waals surface area contributed by atoms with Crippen LogP contribution in [0.2, 0.25) is 0 Å². The second kappa shape index (κ2) is 5.60. The van der Waals surface area contributed by atoms with Gasteiger partial charge in [-0.1, -0.05) is 30.3 Å². The molecule has 0 radical (unpaired) electrons. The van der Waals surface area contributed by atoms with Gasteiger partial charge in [0.2, 0.25) is 0 Å². The highest BCUT2D eigenvalue weighted by Crippen LogP contribution is 2.27. The number of hydrogen-bond donors (Lipinski definition) is 0. The Bertz CT molecular complexity index is 838. The number of aryl methyl sites for hydroxylation is 2. The molecule has 2 heterocycles. The third-order valence-electron chi connectivity index (χ3n) is 3.42. The molecule has 0 aliphatic heterocycles. The summed E-state index contributed by atoms with van der Waals surface area (Å²) < 4.78 is 6.90. The molecule has 1 aromatic carbocycles. The van der Waals surface area contributed by atoms with Crippen LogP contribution in [-0.2, 0) is 4.74 Å². The number of carbonyl (C=O) groups is 1. The summed E-state index contributed by atoms with van der Waals surface area (Å²) in [6, 6.07) is 11.5. The van der Waals surface area contributed by atoms with Crippen LogP contribution in [0.15, 0.2) is 36.4 Å². The van der Waals surface area contributed by atoms with Gasteiger partial charge in [0.15, 0.2) is 5.65 Å². The van der Waals surface area contributed by atoms with Crippen molar-refractivity contribution in [3.05, 3.63) is 53.3 Å². The van der Waals surface area contributed by atoms with Gasteiger partial charge in [-0.25, -0.2) is 14.3 Å². The van der Waals surface area contributed by atoms with Gasteiger partial charge in [-0.2, -0.15) is 5.10 Å². The van der Waals surface area contributed by atoms with E-state index in [-0.39, 0.29) is 0 Å². The fraction of sp³-hybridized carbons (Fsp3) is 0.235. The molecule has 0 saturated heterocycles. The van der Waals surface area contributed by atoms with Crippen LogP contribution < -0.4 is 0 Å². The molecule has 2 aromatic heterocycles. The molecule has 5 heteroatoms. The summed E-state index contributed by atoms with van der Waals surface area (Å²) in [5.41, 5.74) is 4.19. The number of fused-ring (bicyclic) bond motifs is 1. The van der Waals surface area contributed by atoms with Gasteiger partial charge in [-0.05, 0) is 26.8 Å². The zero-order chi connectivity index (χ0) is 15.7. The van der Waals surface area contributed by atoms with Crippen molar-refractivity contribution >= 4 is 11.6 Å². The summed E-state index contributed by atoms with van der Waals surface area (Å²) in [6.07, 6.45) is 0. The van der Waals surface area contributed by atoms with E-state index in [1.807, 2.05) is 50.2 Å².